The van der Waals surface area contributed by atoms with Crippen LogP contribution in [0.5, 0.6) is 0 Å². The van der Waals surface area contributed by atoms with Gasteiger partial charge in [-0.3, -0.25) is 10.0 Å². The predicted octanol–water partition coefficient (Wildman–Crippen LogP) is 3.67. The zero-order chi connectivity index (χ0) is 16.5. The number of aryl methyl sites for hydroxylation is 1. The van der Waals surface area contributed by atoms with Crippen LogP contribution < -0.4 is 5.48 Å². The van der Waals surface area contributed by atoms with E-state index in [0.29, 0.717) is 6.42 Å². The van der Waals surface area contributed by atoms with E-state index in [9.17, 15) is 4.79 Å². The van der Waals surface area contributed by atoms with E-state index in [-0.39, 0.29) is 5.71 Å². The number of benzene rings is 2. The number of unbranched alkanes of at least 4 members (excludes halogenated alkanes) is 3. The van der Waals surface area contributed by atoms with E-state index < -0.39 is 5.91 Å². The minimum absolute atomic E-state index is 0.0398. The van der Waals surface area contributed by atoms with E-state index in [2.05, 4.69) is 41.6 Å². The first-order chi connectivity index (χ1) is 11.2. The first-order valence-electron chi connectivity index (χ1n) is 7.87. The van der Waals surface area contributed by atoms with E-state index in [0.717, 1.165) is 32.1 Å². The fourth-order valence-electron chi connectivity index (χ4n) is 2.64. The molecule has 23 heavy (non-hydrogen) atoms. The molecule has 0 unspecified atom stereocenters. The van der Waals surface area contributed by atoms with Gasteiger partial charge in [-0.05, 0) is 42.0 Å². The van der Waals surface area contributed by atoms with Gasteiger partial charge in [0.25, 0.3) is 5.91 Å². The van der Waals surface area contributed by atoms with E-state index in [1.807, 2.05) is 6.07 Å². The second-order valence-corrected chi connectivity index (χ2v) is 5.58. The molecule has 0 saturated carbocycles. The molecule has 0 saturated heterocycles. The van der Waals surface area contributed by atoms with Gasteiger partial charge in [0.15, 0.2) is 0 Å². The van der Waals surface area contributed by atoms with Gasteiger partial charge in [-0.25, -0.2) is 5.48 Å². The van der Waals surface area contributed by atoms with Gasteiger partial charge >= 0.3 is 0 Å². The molecule has 2 aromatic rings. The zero-order valence-electron chi connectivity index (χ0n) is 13.0. The van der Waals surface area contributed by atoms with Crippen molar-refractivity contribution >= 4 is 22.4 Å². The lowest BCUT2D eigenvalue weighted by Crippen LogP contribution is -2.28. The average Bonchev–Trinajstić information content (AvgIpc) is 2.60. The quantitative estimate of drug-likeness (QED) is 0.229. The van der Waals surface area contributed by atoms with Crippen LogP contribution in [0.25, 0.3) is 10.8 Å². The van der Waals surface area contributed by atoms with Crippen molar-refractivity contribution in [1.29, 1.82) is 0 Å². The van der Waals surface area contributed by atoms with Gasteiger partial charge in [-0.1, -0.05) is 60.5 Å². The Morgan fingerprint density at radius 2 is 1.74 bits per heavy atom. The molecule has 5 nitrogen and oxygen atoms in total. The van der Waals surface area contributed by atoms with Crippen molar-refractivity contribution in [2.75, 3.05) is 0 Å². The number of carbonyl (C=O) groups is 1. The van der Waals surface area contributed by atoms with Crippen molar-refractivity contribution in [2.24, 2.45) is 5.16 Å². The van der Waals surface area contributed by atoms with Gasteiger partial charge in [0.2, 0.25) is 0 Å². The van der Waals surface area contributed by atoms with Crippen LogP contribution in [-0.4, -0.2) is 22.0 Å². The Labute approximate surface area is 135 Å². The standard InChI is InChI=1S/C18H22N2O3/c21-18(20-23)17(19-22)10-4-2-1-3-7-14-11-12-15-8-5-6-9-16(15)13-14/h5-6,8-9,11-13,22-23H,1-4,7,10H2,(H,20,21)/b19-17-. The second kappa shape index (κ2) is 8.90. The van der Waals surface area contributed by atoms with E-state index in [4.69, 9.17) is 10.4 Å². The number of nitrogens with one attached hydrogen (secondary N) is 1. The molecule has 0 bridgehead atoms. The van der Waals surface area contributed by atoms with Gasteiger partial charge in [-0.15, -0.1) is 0 Å². The summed E-state index contributed by atoms with van der Waals surface area (Å²) >= 11 is 0. The summed E-state index contributed by atoms with van der Waals surface area (Å²) < 4.78 is 0. The minimum Gasteiger partial charge on any atom is -0.410 e. The fourth-order valence-corrected chi connectivity index (χ4v) is 2.64. The van der Waals surface area contributed by atoms with Crippen LogP contribution >= 0.6 is 0 Å². The highest BCUT2D eigenvalue weighted by molar-refractivity contribution is 6.38. The highest BCUT2D eigenvalue weighted by Gasteiger charge is 2.10. The molecule has 5 heteroatoms. The van der Waals surface area contributed by atoms with E-state index in [1.54, 1.807) is 0 Å². The number of oxime groups is 1. The third-order valence-corrected chi connectivity index (χ3v) is 3.93. The summed E-state index contributed by atoms with van der Waals surface area (Å²) in [7, 11) is 0. The summed E-state index contributed by atoms with van der Waals surface area (Å²) in [6, 6.07) is 14.9. The number of rotatable bonds is 8. The van der Waals surface area contributed by atoms with Crippen molar-refractivity contribution in [2.45, 2.75) is 38.5 Å². The Morgan fingerprint density at radius 1 is 1.00 bits per heavy atom. The Morgan fingerprint density at radius 3 is 2.48 bits per heavy atom. The van der Waals surface area contributed by atoms with Gasteiger partial charge in [-0.2, -0.15) is 0 Å². The van der Waals surface area contributed by atoms with Crippen molar-refractivity contribution in [1.82, 2.24) is 5.48 Å². The molecule has 0 atom stereocenters. The first-order valence-corrected chi connectivity index (χ1v) is 7.87. The highest BCUT2D eigenvalue weighted by atomic mass is 16.5. The molecule has 122 valence electrons. The number of carbonyl (C=O) groups excluding carboxylic acids is 1. The summed E-state index contributed by atoms with van der Waals surface area (Å²) in [5.74, 6) is -0.747. The molecule has 0 heterocycles. The monoisotopic (exact) mass is 314 g/mol. The Balaban J connectivity index is 1.69. The van der Waals surface area contributed by atoms with Gasteiger partial charge in [0, 0.05) is 0 Å². The van der Waals surface area contributed by atoms with Crippen LogP contribution in [-0.2, 0) is 11.2 Å². The molecule has 0 radical (unpaired) electrons. The van der Waals surface area contributed by atoms with Gasteiger partial charge < -0.3 is 5.21 Å². The molecule has 0 aromatic heterocycles. The van der Waals surface area contributed by atoms with Crippen molar-refractivity contribution in [3.8, 4) is 0 Å². The van der Waals surface area contributed by atoms with Crippen LogP contribution in [0.4, 0.5) is 0 Å². The lowest BCUT2D eigenvalue weighted by atomic mass is 10.0. The van der Waals surface area contributed by atoms with E-state index >= 15 is 0 Å². The predicted molar refractivity (Wildman–Crippen MR) is 89.9 cm³/mol. The number of amides is 1. The Bertz CT molecular complexity index is 683. The SMILES string of the molecule is O=C(NO)/C(CCCCCCc1ccc2ccccc2c1)=N\O. The number of fused-ring (bicyclic) bond motifs is 1. The molecule has 0 aliphatic heterocycles. The third kappa shape index (κ3) is 5.07. The first kappa shape index (κ1) is 17.0. The van der Waals surface area contributed by atoms with Crippen molar-refractivity contribution in [3.63, 3.8) is 0 Å². The summed E-state index contributed by atoms with van der Waals surface area (Å²) in [5, 5.41) is 22.6. The third-order valence-electron chi connectivity index (χ3n) is 3.93. The van der Waals surface area contributed by atoms with Crippen molar-refractivity contribution < 1.29 is 15.2 Å². The molecule has 3 N–H and O–H groups in total. The lowest BCUT2D eigenvalue weighted by molar-refractivity contribution is -0.122. The molecule has 0 fully saturated rings. The summed E-state index contributed by atoms with van der Waals surface area (Å²) in [6.45, 7) is 0. The normalized spacial score (nSPS) is 11.6. The Hall–Kier alpha value is -2.40. The molecular weight excluding hydrogens is 292 g/mol. The minimum atomic E-state index is -0.747. The van der Waals surface area contributed by atoms with Gasteiger partial charge in [0.1, 0.15) is 5.71 Å². The lowest BCUT2D eigenvalue weighted by Gasteiger charge is -2.05. The molecule has 0 aliphatic rings. The average molecular weight is 314 g/mol. The smallest absolute Gasteiger partial charge is 0.292 e. The highest BCUT2D eigenvalue weighted by Crippen LogP contribution is 2.17. The van der Waals surface area contributed by atoms with Gasteiger partial charge in [0.05, 0.1) is 0 Å². The number of hydrogen-bond acceptors (Lipinski definition) is 4. The van der Waals surface area contributed by atoms with Crippen LogP contribution in [0.2, 0.25) is 0 Å². The van der Waals surface area contributed by atoms with Crippen LogP contribution in [0.3, 0.4) is 0 Å². The Kier molecular flexibility index (Phi) is 6.56. The topological polar surface area (TPSA) is 81.9 Å². The molecular formula is C18H22N2O3. The molecule has 0 spiro atoms. The fraction of sp³-hybridized carbons (Fsp3) is 0.333. The summed E-state index contributed by atoms with van der Waals surface area (Å²) in [4.78, 5) is 11.1. The summed E-state index contributed by atoms with van der Waals surface area (Å²) in [6.07, 6.45) is 5.22. The maximum Gasteiger partial charge on any atom is 0.292 e. The molecule has 1 amide bonds. The molecule has 2 rings (SSSR count). The number of hydrogen-bond donors (Lipinski definition) is 3. The zero-order valence-corrected chi connectivity index (χ0v) is 13.0. The van der Waals surface area contributed by atoms with Crippen LogP contribution in [0, 0.1) is 0 Å². The van der Waals surface area contributed by atoms with Crippen LogP contribution in [0.15, 0.2) is 47.6 Å². The largest absolute Gasteiger partial charge is 0.410 e. The number of hydroxylamine groups is 1. The van der Waals surface area contributed by atoms with Crippen molar-refractivity contribution in [3.05, 3.63) is 48.0 Å². The van der Waals surface area contributed by atoms with E-state index in [1.165, 1.54) is 21.8 Å². The maximum atomic E-state index is 11.1. The number of nitrogens with zero attached hydrogens (tertiary/aromatic N) is 1. The molecule has 0 aliphatic carbocycles. The second-order valence-electron chi connectivity index (χ2n) is 5.58. The summed E-state index contributed by atoms with van der Waals surface area (Å²) in [5.41, 5.74) is 2.77. The molecule has 2 aromatic carbocycles. The van der Waals surface area contributed by atoms with Crippen LogP contribution in [0.1, 0.15) is 37.7 Å². The maximum absolute atomic E-state index is 11.1.